The third-order valence-corrected chi connectivity index (χ3v) is 3.47. The molecular formula is C13H24F3NO2. The number of β-amino-alcohol motifs (C(OH)–C–C–N with tert-alkyl or cyclic N) is 1. The summed E-state index contributed by atoms with van der Waals surface area (Å²) in [5.41, 5.74) is -2.64. The van der Waals surface area contributed by atoms with Gasteiger partial charge in [-0.3, -0.25) is 0 Å². The van der Waals surface area contributed by atoms with Gasteiger partial charge in [-0.25, -0.2) is 0 Å². The molecule has 114 valence electrons. The van der Waals surface area contributed by atoms with Crippen LogP contribution in [0.15, 0.2) is 0 Å². The minimum Gasteiger partial charge on any atom is -0.380 e. The number of aliphatic hydroxyl groups is 1. The SMILES string of the molecule is CCCO[C@H]1CCCN(C[C@@](C)(O)C(F)(F)F)CC1. The Bertz CT molecular complexity index is 269. The molecule has 0 aromatic rings. The van der Waals surface area contributed by atoms with Crippen molar-refractivity contribution in [2.24, 2.45) is 0 Å². The summed E-state index contributed by atoms with van der Waals surface area (Å²) < 4.78 is 43.5. The van der Waals surface area contributed by atoms with Crippen LogP contribution < -0.4 is 0 Å². The third kappa shape index (κ3) is 5.28. The van der Waals surface area contributed by atoms with E-state index in [1.54, 1.807) is 4.90 Å². The van der Waals surface area contributed by atoms with Crippen LogP contribution in [0.25, 0.3) is 0 Å². The van der Waals surface area contributed by atoms with Gasteiger partial charge in [0.2, 0.25) is 0 Å². The lowest BCUT2D eigenvalue weighted by Crippen LogP contribution is -2.51. The van der Waals surface area contributed by atoms with Crippen molar-refractivity contribution in [1.29, 1.82) is 0 Å². The highest BCUT2D eigenvalue weighted by molar-refractivity contribution is 4.86. The molecule has 3 nitrogen and oxygen atoms in total. The van der Waals surface area contributed by atoms with Crippen molar-refractivity contribution >= 4 is 0 Å². The fourth-order valence-corrected chi connectivity index (χ4v) is 2.26. The quantitative estimate of drug-likeness (QED) is 0.842. The molecule has 1 aliphatic heterocycles. The predicted octanol–water partition coefficient (Wildman–Crippen LogP) is 2.58. The van der Waals surface area contributed by atoms with E-state index in [-0.39, 0.29) is 12.6 Å². The zero-order chi connectivity index (χ0) is 14.5. The van der Waals surface area contributed by atoms with E-state index in [1.807, 2.05) is 6.92 Å². The smallest absolute Gasteiger partial charge is 0.380 e. The van der Waals surface area contributed by atoms with Gasteiger partial charge in [-0.05, 0) is 39.2 Å². The number of likely N-dealkylation sites (tertiary alicyclic amines) is 1. The lowest BCUT2D eigenvalue weighted by Gasteiger charge is -2.32. The Balaban J connectivity index is 2.45. The molecule has 1 rings (SSSR count). The molecule has 6 heteroatoms. The van der Waals surface area contributed by atoms with Gasteiger partial charge in [0.05, 0.1) is 6.10 Å². The summed E-state index contributed by atoms with van der Waals surface area (Å²) in [7, 11) is 0. The van der Waals surface area contributed by atoms with Gasteiger partial charge >= 0.3 is 6.18 Å². The Morgan fingerprint density at radius 2 is 1.95 bits per heavy atom. The Morgan fingerprint density at radius 1 is 1.26 bits per heavy atom. The molecule has 1 heterocycles. The molecule has 1 fully saturated rings. The average Bonchev–Trinajstić information content (AvgIpc) is 2.50. The molecule has 0 spiro atoms. The Morgan fingerprint density at radius 3 is 2.53 bits per heavy atom. The number of nitrogens with zero attached hydrogens (tertiary/aromatic N) is 1. The van der Waals surface area contributed by atoms with Crippen LogP contribution in [0.5, 0.6) is 0 Å². The monoisotopic (exact) mass is 283 g/mol. The second-order valence-corrected chi connectivity index (χ2v) is 5.47. The second-order valence-electron chi connectivity index (χ2n) is 5.47. The maximum absolute atomic E-state index is 12.6. The number of rotatable bonds is 5. The number of ether oxygens (including phenoxy) is 1. The summed E-state index contributed by atoms with van der Waals surface area (Å²) in [5, 5.41) is 9.50. The molecule has 0 saturated carbocycles. The van der Waals surface area contributed by atoms with E-state index < -0.39 is 11.8 Å². The molecule has 0 aliphatic carbocycles. The number of hydrogen-bond donors (Lipinski definition) is 1. The van der Waals surface area contributed by atoms with E-state index >= 15 is 0 Å². The van der Waals surface area contributed by atoms with E-state index in [0.717, 1.165) is 32.6 Å². The number of hydrogen-bond acceptors (Lipinski definition) is 3. The van der Waals surface area contributed by atoms with Crippen LogP contribution in [0.3, 0.4) is 0 Å². The van der Waals surface area contributed by atoms with Gasteiger partial charge in [0.25, 0.3) is 0 Å². The van der Waals surface area contributed by atoms with Crippen molar-refractivity contribution < 1.29 is 23.0 Å². The first kappa shape index (κ1) is 16.7. The Labute approximate surface area is 112 Å². The van der Waals surface area contributed by atoms with Gasteiger partial charge in [0.1, 0.15) is 0 Å². The highest BCUT2D eigenvalue weighted by atomic mass is 19.4. The van der Waals surface area contributed by atoms with E-state index in [1.165, 1.54) is 0 Å². The summed E-state index contributed by atoms with van der Waals surface area (Å²) in [4.78, 5) is 1.68. The standard InChI is InChI=1S/C13H24F3NO2/c1-3-9-19-11-5-4-7-17(8-6-11)10-12(2,18)13(14,15)16/h11,18H,3-10H2,1-2H3/t11-,12+/m0/s1. The first-order valence-electron chi connectivity index (χ1n) is 6.89. The highest BCUT2D eigenvalue weighted by Crippen LogP contribution is 2.31. The van der Waals surface area contributed by atoms with E-state index in [0.29, 0.717) is 19.7 Å². The first-order chi connectivity index (χ1) is 8.76. The maximum Gasteiger partial charge on any atom is 0.418 e. The Kier molecular flexibility index (Phi) is 6.08. The van der Waals surface area contributed by atoms with Gasteiger partial charge in [-0.2, -0.15) is 13.2 Å². The molecule has 0 aromatic carbocycles. The molecular weight excluding hydrogens is 259 g/mol. The topological polar surface area (TPSA) is 32.7 Å². The van der Waals surface area contributed by atoms with Crippen LogP contribution in [0.1, 0.15) is 39.5 Å². The van der Waals surface area contributed by atoms with E-state index in [4.69, 9.17) is 4.74 Å². The predicted molar refractivity (Wildman–Crippen MR) is 67.0 cm³/mol. The fourth-order valence-electron chi connectivity index (χ4n) is 2.26. The van der Waals surface area contributed by atoms with Gasteiger partial charge in [0, 0.05) is 19.7 Å². The summed E-state index contributed by atoms with van der Waals surface area (Å²) in [6.07, 6.45) is -1.08. The molecule has 0 aromatic heterocycles. The lowest BCUT2D eigenvalue weighted by atomic mass is 10.1. The van der Waals surface area contributed by atoms with Crippen LogP contribution in [0.4, 0.5) is 13.2 Å². The van der Waals surface area contributed by atoms with E-state index in [9.17, 15) is 18.3 Å². The second kappa shape index (κ2) is 6.90. The zero-order valence-corrected chi connectivity index (χ0v) is 11.7. The van der Waals surface area contributed by atoms with Gasteiger partial charge in [0.15, 0.2) is 5.60 Å². The van der Waals surface area contributed by atoms with Crippen molar-refractivity contribution in [1.82, 2.24) is 4.90 Å². The molecule has 0 amide bonds. The van der Waals surface area contributed by atoms with Crippen LogP contribution in [0.2, 0.25) is 0 Å². The molecule has 0 unspecified atom stereocenters. The van der Waals surface area contributed by atoms with Crippen LogP contribution in [0, 0.1) is 0 Å². The van der Waals surface area contributed by atoms with Crippen molar-refractivity contribution in [3.63, 3.8) is 0 Å². The number of halogens is 3. The zero-order valence-electron chi connectivity index (χ0n) is 11.7. The molecule has 0 bridgehead atoms. The summed E-state index contributed by atoms with van der Waals surface area (Å²) in [5.74, 6) is 0. The normalized spacial score (nSPS) is 25.9. The summed E-state index contributed by atoms with van der Waals surface area (Å²) in [6, 6.07) is 0. The third-order valence-electron chi connectivity index (χ3n) is 3.47. The largest absolute Gasteiger partial charge is 0.418 e. The van der Waals surface area contributed by atoms with Gasteiger partial charge in [-0.15, -0.1) is 0 Å². The van der Waals surface area contributed by atoms with Crippen LogP contribution >= 0.6 is 0 Å². The van der Waals surface area contributed by atoms with Gasteiger partial charge in [-0.1, -0.05) is 6.92 Å². The number of alkyl halides is 3. The highest BCUT2D eigenvalue weighted by Gasteiger charge is 2.50. The minimum absolute atomic E-state index is 0.140. The minimum atomic E-state index is -4.59. The van der Waals surface area contributed by atoms with Crippen molar-refractivity contribution in [3.05, 3.63) is 0 Å². The van der Waals surface area contributed by atoms with Crippen molar-refractivity contribution in [2.75, 3.05) is 26.2 Å². The summed E-state index contributed by atoms with van der Waals surface area (Å²) in [6.45, 7) is 4.33. The average molecular weight is 283 g/mol. The molecule has 2 atom stereocenters. The molecule has 1 aliphatic rings. The van der Waals surface area contributed by atoms with Crippen molar-refractivity contribution in [2.45, 2.75) is 57.4 Å². The van der Waals surface area contributed by atoms with Crippen LogP contribution in [-0.4, -0.2) is 54.1 Å². The molecule has 0 radical (unpaired) electrons. The first-order valence-corrected chi connectivity index (χ1v) is 6.89. The van der Waals surface area contributed by atoms with E-state index in [2.05, 4.69) is 0 Å². The molecule has 1 N–H and O–H groups in total. The molecule has 1 saturated heterocycles. The molecule has 19 heavy (non-hydrogen) atoms. The van der Waals surface area contributed by atoms with Crippen LogP contribution in [-0.2, 0) is 4.74 Å². The lowest BCUT2D eigenvalue weighted by molar-refractivity contribution is -0.257. The Hall–Kier alpha value is -0.330. The fraction of sp³-hybridized carbons (Fsp3) is 1.00. The summed E-state index contributed by atoms with van der Waals surface area (Å²) >= 11 is 0. The maximum atomic E-state index is 12.6. The van der Waals surface area contributed by atoms with Crippen molar-refractivity contribution in [3.8, 4) is 0 Å². The van der Waals surface area contributed by atoms with Gasteiger partial charge < -0.3 is 14.7 Å².